The number of aliphatic hydroxyl groups is 3. The van der Waals surface area contributed by atoms with Gasteiger partial charge in [-0.15, -0.1) is 0 Å². The van der Waals surface area contributed by atoms with Gasteiger partial charge in [-0.2, -0.15) is 0 Å². The third-order valence-corrected chi connectivity index (χ3v) is 1.32. The van der Waals surface area contributed by atoms with E-state index in [4.69, 9.17) is 15.3 Å². The Labute approximate surface area is 93.2 Å². The minimum absolute atomic E-state index is 0. The molecule has 0 aliphatic rings. The molecule has 0 fully saturated rings. The zero-order valence-electron chi connectivity index (χ0n) is 9.57. The quantitative estimate of drug-likeness (QED) is 0.438. The molecule has 0 rings (SSSR count). The zero-order valence-corrected chi connectivity index (χ0v) is 10.3. The van der Waals surface area contributed by atoms with Crippen LogP contribution in [-0.4, -0.2) is 66.8 Å². The summed E-state index contributed by atoms with van der Waals surface area (Å²) in [6.07, 6.45) is 0.134. The maximum atomic E-state index is 8.39. The number of hydrogen-bond acceptors (Lipinski definition) is 3. The fourth-order valence-corrected chi connectivity index (χ4v) is 0.487. The van der Waals surface area contributed by atoms with Gasteiger partial charge in [0.25, 0.3) is 0 Å². The average Bonchev–Trinajstić information content (AvgIpc) is 1.84. The van der Waals surface area contributed by atoms with Crippen LogP contribution in [0.25, 0.3) is 0 Å². The summed E-state index contributed by atoms with van der Waals surface area (Å²) in [6.45, 7) is 2.84. The lowest BCUT2D eigenvalue weighted by Gasteiger charge is -2.21. The number of aliphatic hydroxyl groups excluding tert-OH is 3. The highest BCUT2D eigenvalue weighted by Crippen LogP contribution is 1.84. The van der Waals surface area contributed by atoms with Crippen molar-refractivity contribution in [2.75, 3.05) is 40.9 Å². The Morgan fingerprint density at radius 3 is 1.50 bits per heavy atom. The average molecular weight is 230 g/mol. The maximum Gasteiger partial charge on any atom is 0.101 e. The fourth-order valence-electron chi connectivity index (χ4n) is 0.487. The molecule has 4 nitrogen and oxygen atoms in total. The molecule has 0 saturated carbocycles. The molecule has 1 unspecified atom stereocenters. The van der Waals surface area contributed by atoms with Crippen LogP contribution in [0.15, 0.2) is 0 Å². The molecule has 0 aliphatic carbocycles. The minimum atomic E-state index is -0.352. The van der Waals surface area contributed by atoms with Gasteiger partial charge in [-0.3, -0.25) is 0 Å². The lowest BCUT2D eigenvalue weighted by molar-refractivity contribution is -0.870. The van der Waals surface area contributed by atoms with Crippen molar-refractivity contribution in [3.63, 3.8) is 0 Å². The van der Waals surface area contributed by atoms with E-state index in [1.807, 2.05) is 0 Å². The number of rotatable bonds is 4. The van der Waals surface area contributed by atoms with Gasteiger partial charge in [-0.1, -0.05) is 0 Å². The normalized spacial score (nSPS) is 12.2. The Bertz CT molecular complexity index is 105. The van der Waals surface area contributed by atoms with Crippen LogP contribution >= 0.6 is 0 Å². The molecule has 1 atom stereocenters. The Balaban J connectivity index is -0.000000163. The van der Waals surface area contributed by atoms with Crippen molar-refractivity contribution in [1.29, 1.82) is 0 Å². The van der Waals surface area contributed by atoms with E-state index in [0.29, 0.717) is 6.42 Å². The van der Waals surface area contributed by atoms with Gasteiger partial charge in [0.1, 0.15) is 6.54 Å². The molecule has 0 aromatic rings. The Morgan fingerprint density at radius 1 is 1.07 bits per heavy atom. The molecule has 0 amide bonds. The molecule has 14 heavy (non-hydrogen) atoms. The summed E-state index contributed by atoms with van der Waals surface area (Å²) in [4.78, 5) is 0. The summed E-state index contributed by atoms with van der Waals surface area (Å²) in [6, 6.07) is 0. The van der Waals surface area contributed by atoms with Gasteiger partial charge < -0.3 is 32.2 Å². The number of nitrogens with zero attached hydrogens (tertiary/aromatic N) is 1. The Kier molecular flexibility index (Phi) is 15.7. The number of quaternary nitrogens is 1. The van der Waals surface area contributed by atoms with Gasteiger partial charge in [0.15, 0.2) is 0 Å². The highest BCUT2D eigenvalue weighted by atomic mass is 35.5. The van der Waals surface area contributed by atoms with E-state index in [-0.39, 0.29) is 31.7 Å². The van der Waals surface area contributed by atoms with Gasteiger partial charge in [-0.25, -0.2) is 0 Å². The van der Waals surface area contributed by atoms with Gasteiger partial charge in [0.2, 0.25) is 0 Å². The van der Waals surface area contributed by atoms with Crippen LogP contribution in [0.4, 0.5) is 0 Å². The molecule has 0 bridgehead atoms. The molecule has 0 aromatic heterocycles. The van der Waals surface area contributed by atoms with E-state index < -0.39 is 0 Å². The van der Waals surface area contributed by atoms with Crippen LogP contribution in [0.1, 0.15) is 13.3 Å². The van der Waals surface area contributed by atoms with Gasteiger partial charge in [-0.05, 0) is 13.3 Å². The smallest absolute Gasteiger partial charge is 0.101 e. The second kappa shape index (κ2) is 11.2. The van der Waals surface area contributed by atoms with Crippen LogP contribution in [0, 0.1) is 0 Å². The summed E-state index contributed by atoms with van der Waals surface area (Å²) in [5, 5.41) is 24.9. The first-order chi connectivity index (χ1) is 5.83. The summed E-state index contributed by atoms with van der Waals surface area (Å²) >= 11 is 0. The second-order valence-corrected chi connectivity index (χ2v) is 4.10. The lowest BCUT2D eigenvalue weighted by Crippen LogP contribution is -3.00. The van der Waals surface area contributed by atoms with Crippen molar-refractivity contribution in [1.82, 2.24) is 0 Å². The number of hydrogen-bond donors (Lipinski definition) is 3. The topological polar surface area (TPSA) is 60.7 Å². The summed E-state index contributed by atoms with van der Waals surface area (Å²) in [7, 11) is 6.16. The van der Waals surface area contributed by atoms with Gasteiger partial charge in [0, 0.05) is 6.61 Å². The predicted octanol–water partition coefficient (Wildman–Crippen LogP) is -3.56. The monoisotopic (exact) mass is 229 g/mol. The van der Waals surface area contributed by atoms with Crippen LogP contribution < -0.4 is 12.4 Å². The first kappa shape index (κ1) is 19.7. The minimum Gasteiger partial charge on any atom is -1.00 e. The van der Waals surface area contributed by atoms with E-state index in [1.54, 1.807) is 6.92 Å². The van der Waals surface area contributed by atoms with Crippen molar-refractivity contribution in [2.45, 2.75) is 19.4 Å². The summed E-state index contributed by atoms with van der Waals surface area (Å²) in [5.41, 5.74) is 0. The van der Waals surface area contributed by atoms with Crippen molar-refractivity contribution < 1.29 is 32.2 Å². The molecule has 3 N–H and O–H groups in total. The molecule has 0 saturated heterocycles. The van der Waals surface area contributed by atoms with E-state index in [9.17, 15) is 0 Å². The standard InChI is InChI=1S/C5H14NO.C4H10O2.ClH/c1-6(2,3)4-5-7;1-4(6)2-3-5;/h7H,4-5H2,1-3H3;4-6H,2-3H2,1H3;1H/q+1;;/p-1. The fraction of sp³-hybridized carbons (Fsp3) is 1.00. The summed E-state index contributed by atoms with van der Waals surface area (Å²) < 4.78 is 0.844. The molecule has 0 aromatic carbocycles. The largest absolute Gasteiger partial charge is 1.00 e. The van der Waals surface area contributed by atoms with E-state index in [2.05, 4.69) is 21.1 Å². The molecule has 5 heteroatoms. The molecule has 0 radical (unpaired) electrons. The van der Waals surface area contributed by atoms with Gasteiger partial charge in [0.05, 0.1) is 33.9 Å². The number of likely N-dealkylation sites (N-methyl/N-ethyl adjacent to an activating group) is 1. The lowest BCUT2D eigenvalue weighted by atomic mass is 10.3. The van der Waals surface area contributed by atoms with Crippen LogP contribution in [0.2, 0.25) is 0 Å². The van der Waals surface area contributed by atoms with E-state index in [0.717, 1.165) is 11.0 Å². The summed E-state index contributed by atoms with van der Waals surface area (Å²) in [5.74, 6) is 0. The molecule has 0 spiro atoms. The first-order valence-electron chi connectivity index (χ1n) is 4.53. The zero-order chi connectivity index (χ0) is 10.9. The van der Waals surface area contributed by atoms with Crippen molar-refractivity contribution in [3.8, 4) is 0 Å². The molecule has 90 valence electrons. The van der Waals surface area contributed by atoms with Crippen molar-refractivity contribution in [2.24, 2.45) is 0 Å². The highest BCUT2D eigenvalue weighted by Gasteiger charge is 2.02. The van der Waals surface area contributed by atoms with Crippen LogP contribution in [0.3, 0.4) is 0 Å². The highest BCUT2D eigenvalue weighted by molar-refractivity contribution is 4.40. The second-order valence-electron chi connectivity index (χ2n) is 4.10. The molecule has 0 aliphatic heterocycles. The predicted molar refractivity (Wildman–Crippen MR) is 53.4 cm³/mol. The van der Waals surface area contributed by atoms with Crippen molar-refractivity contribution in [3.05, 3.63) is 0 Å². The van der Waals surface area contributed by atoms with Crippen molar-refractivity contribution >= 4 is 0 Å². The third kappa shape index (κ3) is 29.6. The Hall–Kier alpha value is 0.130. The van der Waals surface area contributed by atoms with Gasteiger partial charge >= 0.3 is 0 Å². The van der Waals surface area contributed by atoms with Crippen LogP contribution in [-0.2, 0) is 0 Å². The van der Waals surface area contributed by atoms with E-state index >= 15 is 0 Å². The maximum absolute atomic E-state index is 8.39. The Morgan fingerprint density at radius 2 is 1.50 bits per heavy atom. The SMILES string of the molecule is CC(O)CCO.C[N+](C)(C)CCO.[Cl-]. The third-order valence-electron chi connectivity index (χ3n) is 1.32. The molecular formula is C9H24ClNO3. The molecule has 0 heterocycles. The molecular weight excluding hydrogens is 206 g/mol. The van der Waals surface area contributed by atoms with E-state index in [1.165, 1.54) is 0 Å². The van der Waals surface area contributed by atoms with Crippen LogP contribution in [0.5, 0.6) is 0 Å². The first-order valence-corrected chi connectivity index (χ1v) is 4.53. The number of halogens is 1.